The van der Waals surface area contributed by atoms with Crippen molar-refractivity contribution < 1.29 is 123 Å². The van der Waals surface area contributed by atoms with Crippen LogP contribution in [0.1, 0.15) is 0 Å². The third kappa shape index (κ3) is 5.14. The van der Waals surface area contributed by atoms with Gasteiger partial charge in [-0.15, -0.1) is 21.9 Å². The summed E-state index contributed by atoms with van der Waals surface area (Å²) in [5.74, 6) is -71.4. The monoisotopic (exact) mass is 720 g/mol. The Hall–Kier alpha value is -3.50. The van der Waals surface area contributed by atoms with E-state index in [9.17, 15) is 52.7 Å². The fraction of sp³-hybridized carbons (Fsp3) is 0. The van der Waals surface area contributed by atoms with E-state index in [0.29, 0.717) is 0 Å². The molecule has 23 heteroatoms. The maximum atomic E-state index is 15.4. The van der Waals surface area contributed by atoms with E-state index in [2.05, 4.69) is 0 Å². The maximum absolute atomic E-state index is 15.4. The van der Waals surface area contributed by atoms with Crippen LogP contribution in [-0.2, 0) is 0 Å². The average Bonchev–Trinajstić information content (AvgIpc) is 3.00. The largest absolute Gasteiger partial charge is 1.00 e. The summed E-state index contributed by atoms with van der Waals surface area (Å²) in [6.07, 6.45) is -7.22. The van der Waals surface area contributed by atoms with Crippen LogP contribution in [0.4, 0.5) is 87.8 Å². The van der Waals surface area contributed by atoms with Gasteiger partial charge in [0, 0.05) is 0 Å². The van der Waals surface area contributed by atoms with Crippen LogP contribution in [0, 0.1) is 116 Å². The van der Waals surface area contributed by atoms with Crippen LogP contribution in [0.15, 0.2) is 0 Å². The zero-order chi connectivity index (χ0) is 34.4. The van der Waals surface area contributed by atoms with Crippen LogP contribution >= 0.6 is 0 Å². The summed E-state index contributed by atoms with van der Waals surface area (Å²) in [4.78, 5) is 0. The van der Waals surface area contributed by atoms with Crippen LogP contribution < -0.4 is 51.4 Å². The Morgan fingerprint density at radius 2 is 0.277 bits per heavy atom. The van der Waals surface area contributed by atoms with E-state index in [-0.39, 0.29) is 35.0 Å². The minimum Gasteiger partial charge on any atom is -0.412 e. The molecule has 0 saturated heterocycles. The molecule has 0 spiro atoms. The van der Waals surface area contributed by atoms with Gasteiger partial charge in [0.25, 0.3) is 0 Å². The van der Waals surface area contributed by atoms with E-state index in [1.165, 1.54) is 0 Å². The molecule has 47 heavy (non-hydrogen) atoms. The molecule has 0 aliphatic rings. The summed E-state index contributed by atoms with van der Waals surface area (Å²) in [6.45, 7) is 0. The predicted molar refractivity (Wildman–Crippen MR) is 113 cm³/mol. The molecular weight excluding hydrogens is 718 g/mol. The van der Waals surface area contributed by atoms with Crippen molar-refractivity contribution in [3.63, 3.8) is 0 Å². The minimum atomic E-state index is -7.22. The van der Waals surface area contributed by atoms with Gasteiger partial charge in [0.1, 0.15) is 52.7 Å². The second kappa shape index (κ2) is 13.2. The standard InChI is InChI=1S/C24BF20.Na.H2O/c26-5-1(6(27)14(35)21(42)13(5)34)25(2-7(28)15(36)22(43)16(37)8(2)29,3-9(30)17(38)23(44)18(39)10(3)31)4-11(32)19(40)24(45)20(41)12(4)33;;/h;;1H2/q-1;+1;. The molecule has 0 radical (unpaired) electrons. The fourth-order valence-electron chi connectivity index (χ4n) is 4.87. The Kier molecular flexibility index (Phi) is 11.1. The van der Waals surface area contributed by atoms with E-state index in [1.54, 1.807) is 0 Å². The number of halogens is 20. The van der Waals surface area contributed by atoms with Gasteiger partial charge < -0.3 is 5.48 Å². The van der Waals surface area contributed by atoms with Crippen LogP contribution in [-0.4, -0.2) is 11.6 Å². The summed E-state index contributed by atoms with van der Waals surface area (Å²) < 4.78 is 294. The summed E-state index contributed by atoms with van der Waals surface area (Å²) >= 11 is 0. The topological polar surface area (TPSA) is 31.5 Å². The minimum absolute atomic E-state index is 0. The fourth-order valence-corrected chi connectivity index (χ4v) is 4.87. The molecule has 4 rings (SSSR count). The van der Waals surface area contributed by atoms with Crippen molar-refractivity contribution >= 4 is 28.0 Å². The normalized spacial score (nSPS) is 11.5. The van der Waals surface area contributed by atoms with Crippen LogP contribution in [0.5, 0.6) is 0 Å². The first-order valence-electron chi connectivity index (χ1n) is 10.9. The van der Waals surface area contributed by atoms with Crippen molar-refractivity contribution in [2.75, 3.05) is 0 Å². The van der Waals surface area contributed by atoms with E-state index in [4.69, 9.17) is 0 Å². The predicted octanol–water partition coefficient (Wildman–Crippen LogP) is 2.03. The van der Waals surface area contributed by atoms with Gasteiger partial charge >= 0.3 is 29.6 Å². The molecule has 0 unspecified atom stereocenters. The molecule has 0 aliphatic heterocycles. The molecule has 2 N–H and O–H groups in total. The van der Waals surface area contributed by atoms with E-state index >= 15 is 35.1 Å². The molecule has 0 bridgehead atoms. The molecule has 0 amide bonds. The smallest absolute Gasteiger partial charge is 0.412 e. The first kappa shape index (κ1) is 39.7. The van der Waals surface area contributed by atoms with Crippen molar-refractivity contribution in [2.45, 2.75) is 0 Å². The molecule has 0 saturated carbocycles. The van der Waals surface area contributed by atoms with Crippen molar-refractivity contribution in [1.82, 2.24) is 0 Å². The summed E-state index contributed by atoms with van der Waals surface area (Å²) in [5.41, 5.74) is -14.3. The Balaban J connectivity index is 0.00000384. The number of hydrogen-bond acceptors (Lipinski definition) is 0. The SMILES string of the molecule is Fc1c(F)c(F)c([B-](c2c(F)c(F)c(F)c(F)c2F)(c2c(F)c(F)c(F)c(F)c2F)c2c(F)c(F)c(F)c(F)c2F)c(F)c1F.O.[Na+]. The maximum Gasteiger partial charge on any atom is 1.00 e. The van der Waals surface area contributed by atoms with Gasteiger partial charge in [-0.25, -0.2) is 87.8 Å². The van der Waals surface area contributed by atoms with Crippen LogP contribution in [0.25, 0.3) is 0 Å². The van der Waals surface area contributed by atoms with E-state index in [1.807, 2.05) is 0 Å². The quantitative estimate of drug-likeness (QED) is 0.134. The van der Waals surface area contributed by atoms with Crippen molar-refractivity contribution in [1.29, 1.82) is 0 Å². The Bertz CT molecular complexity index is 1580. The van der Waals surface area contributed by atoms with Crippen LogP contribution in [0.3, 0.4) is 0 Å². The third-order valence-corrected chi connectivity index (χ3v) is 6.71. The number of rotatable bonds is 4. The Morgan fingerprint density at radius 3 is 0.383 bits per heavy atom. The van der Waals surface area contributed by atoms with Gasteiger partial charge in [0.2, 0.25) is 0 Å². The molecule has 0 aromatic heterocycles. The van der Waals surface area contributed by atoms with E-state index in [0.717, 1.165) is 0 Å². The molecule has 1 nitrogen and oxygen atoms in total. The average molecular weight is 720 g/mol. The van der Waals surface area contributed by atoms with Gasteiger partial charge in [0.05, 0.1) is 0 Å². The number of benzene rings is 4. The Labute approximate surface area is 266 Å². The summed E-state index contributed by atoms with van der Waals surface area (Å²) in [7, 11) is 0. The second-order valence-corrected chi connectivity index (χ2v) is 8.80. The molecule has 0 aliphatic carbocycles. The van der Waals surface area contributed by atoms with Gasteiger partial charge in [-0.3, -0.25) is 0 Å². The number of hydrogen-bond donors (Lipinski definition) is 0. The second-order valence-electron chi connectivity index (χ2n) is 8.80. The Morgan fingerprint density at radius 1 is 0.191 bits per heavy atom. The molecule has 0 fully saturated rings. The summed E-state index contributed by atoms with van der Waals surface area (Å²) in [6, 6.07) is 0. The van der Waals surface area contributed by atoms with Crippen LogP contribution in [0.2, 0.25) is 0 Å². The summed E-state index contributed by atoms with van der Waals surface area (Å²) in [5, 5.41) is 0. The van der Waals surface area contributed by atoms with Crippen molar-refractivity contribution in [3.05, 3.63) is 116 Å². The van der Waals surface area contributed by atoms with Crippen molar-refractivity contribution in [2.24, 2.45) is 0 Å². The van der Waals surface area contributed by atoms with Gasteiger partial charge in [0.15, 0.2) is 69.8 Å². The molecule has 248 valence electrons. The molecule has 0 heterocycles. The molecule has 4 aromatic rings. The third-order valence-electron chi connectivity index (χ3n) is 6.71. The zero-order valence-corrected chi connectivity index (χ0v) is 23.6. The van der Waals surface area contributed by atoms with Gasteiger partial charge in [-0.2, -0.15) is 0 Å². The van der Waals surface area contributed by atoms with E-state index < -0.39 is 144 Å². The zero-order valence-electron chi connectivity index (χ0n) is 21.6. The van der Waals surface area contributed by atoms with Crippen molar-refractivity contribution in [3.8, 4) is 0 Å². The first-order chi connectivity index (χ1) is 20.7. The molecule has 4 aromatic carbocycles. The van der Waals surface area contributed by atoms with Gasteiger partial charge in [-0.05, 0) is 0 Å². The first-order valence-corrected chi connectivity index (χ1v) is 10.9. The molecule has 0 atom stereocenters. The molecular formula is C24H2BF20NaO. The van der Waals surface area contributed by atoms with Gasteiger partial charge in [-0.1, -0.05) is 0 Å².